The van der Waals surface area contributed by atoms with Crippen molar-refractivity contribution >= 4 is 38.6 Å². The second-order valence-corrected chi connectivity index (χ2v) is 6.31. The molecule has 0 fully saturated rings. The first-order chi connectivity index (χ1) is 12.1. The third kappa shape index (κ3) is 3.71. The van der Waals surface area contributed by atoms with Gasteiger partial charge in [0.1, 0.15) is 0 Å². The Morgan fingerprint density at radius 1 is 1.24 bits per heavy atom. The van der Waals surface area contributed by atoms with Crippen molar-refractivity contribution in [3.05, 3.63) is 58.6 Å². The number of hydrogen-bond acceptors (Lipinski definition) is 4. The van der Waals surface area contributed by atoms with Crippen molar-refractivity contribution in [2.24, 2.45) is 10.2 Å². The number of hydrogen-bond donors (Lipinski definition) is 1. The summed E-state index contributed by atoms with van der Waals surface area (Å²) in [6.45, 7) is 0.571. The fourth-order valence-electron chi connectivity index (χ4n) is 2.64. The number of aromatic nitrogens is 1. The highest BCUT2D eigenvalue weighted by Gasteiger charge is 2.17. The Morgan fingerprint density at radius 2 is 2.00 bits per heavy atom. The zero-order chi connectivity index (χ0) is 17.8. The molecule has 0 unspecified atom stereocenters. The molecule has 25 heavy (non-hydrogen) atoms. The Hall–Kier alpha value is -2.67. The number of azo groups is 1. The van der Waals surface area contributed by atoms with Gasteiger partial charge in [-0.05, 0) is 30.2 Å². The van der Waals surface area contributed by atoms with E-state index in [9.17, 15) is 9.90 Å². The highest BCUT2D eigenvalue weighted by molar-refractivity contribution is 9.10. The number of fused-ring (bicyclic) bond motifs is 1. The zero-order valence-electron chi connectivity index (χ0n) is 13.5. The summed E-state index contributed by atoms with van der Waals surface area (Å²) in [5.74, 6) is -0.0308. The van der Waals surface area contributed by atoms with Gasteiger partial charge in [0.25, 0.3) is 0 Å². The summed E-state index contributed by atoms with van der Waals surface area (Å²) in [6.07, 6.45) is -0.0680. The standard InChI is InChI=1S/C18H16BrN3O3/c1-25-18(24)21-20-16-14-11-13(19)7-8-15(14)22(17(16)23)10-9-12-5-3-2-4-6-12/h2-8,11,23H,9-10H2,1H3. The average molecular weight is 402 g/mol. The van der Waals surface area contributed by atoms with Gasteiger partial charge in [-0.25, -0.2) is 4.79 Å². The summed E-state index contributed by atoms with van der Waals surface area (Å²) in [4.78, 5) is 11.2. The van der Waals surface area contributed by atoms with Crippen LogP contribution in [0.5, 0.6) is 5.88 Å². The first-order valence-electron chi connectivity index (χ1n) is 7.64. The third-order valence-corrected chi connectivity index (χ3v) is 4.34. The third-order valence-electron chi connectivity index (χ3n) is 3.85. The minimum atomic E-state index is -0.820. The summed E-state index contributed by atoms with van der Waals surface area (Å²) < 4.78 is 7.07. The molecule has 0 bridgehead atoms. The molecule has 0 aliphatic heterocycles. The topological polar surface area (TPSA) is 76.2 Å². The molecule has 3 rings (SSSR count). The van der Waals surface area contributed by atoms with Crippen molar-refractivity contribution in [3.63, 3.8) is 0 Å². The maximum absolute atomic E-state index is 11.2. The van der Waals surface area contributed by atoms with Crippen molar-refractivity contribution in [2.45, 2.75) is 13.0 Å². The minimum absolute atomic E-state index is 0.0308. The Bertz CT molecular complexity index is 936. The van der Waals surface area contributed by atoms with Gasteiger partial charge in [-0.2, -0.15) is 0 Å². The molecule has 1 heterocycles. The molecule has 1 amide bonds. The maximum atomic E-state index is 11.2. The van der Waals surface area contributed by atoms with Crippen LogP contribution in [0.3, 0.4) is 0 Å². The quantitative estimate of drug-likeness (QED) is 0.610. The minimum Gasteiger partial charge on any atom is -0.493 e. The Labute approximate surface area is 152 Å². The summed E-state index contributed by atoms with van der Waals surface area (Å²) in [5.41, 5.74) is 2.23. The summed E-state index contributed by atoms with van der Waals surface area (Å²) in [6, 6.07) is 15.6. The first kappa shape index (κ1) is 17.2. The lowest BCUT2D eigenvalue weighted by Gasteiger charge is -2.07. The number of aryl methyl sites for hydroxylation is 2. The number of methoxy groups -OCH3 is 1. The van der Waals surface area contributed by atoms with E-state index in [0.29, 0.717) is 11.9 Å². The number of benzene rings is 2. The monoisotopic (exact) mass is 401 g/mol. The van der Waals surface area contributed by atoms with Crippen LogP contribution in [0, 0.1) is 0 Å². The van der Waals surface area contributed by atoms with E-state index >= 15 is 0 Å². The molecule has 6 nitrogen and oxygen atoms in total. The number of carbonyl (C=O) groups is 1. The van der Waals surface area contributed by atoms with Gasteiger partial charge in [0, 0.05) is 16.4 Å². The van der Waals surface area contributed by atoms with Crippen LogP contribution in [0.15, 0.2) is 63.2 Å². The van der Waals surface area contributed by atoms with E-state index < -0.39 is 6.09 Å². The normalized spacial score (nSPS) is 11.3. The molecule has 0 aliphatic carbocycles. The van der Waals surface area contributed by atoms with E-state index in [2.05, 4.69) is 30.9 Å². The van der Waals surface area contributed by atoms with E-state index in [0.717, 1.165) is 16.4 Å². The largest absolute Gasteiger partial charge is 0.493 e. The second kappa shape index (κ2) is 7.48. The first-order valence-corrected chi connectivity index (χ1v) is 8.44. The molecule has 0 radical (unpaired) electrons. The molecular formula is C18H16BrN3O3. The predicted octanol–water partition coefficient (Wildman–Crippen LogP) is 5.20. The van der Waals surface area contributed by atoms with E-state index in [-0.39, 0.29) is 11.6 Å². The highest BCUT2D eigenvalue weighted by Crippen LogP contribution is 2.40. The summed E-state index contributed by atoms with van der Waals surface area (Å²) in [7, 11) is 1.22. The molecule has 128 valence electrons. The van der Waals surface area contributed by atoms with Gasteiger partial charge in [-0.3, -0.25) is 0 Å². The van der Waals surface area contributed by atoms with Gasteiger partial charge < -0.3 is 14.4 Å². The van der Waals surface area contributed by atoms with Gasteiger partial charge in [-0.15, -0.1) is 5.11 Å². The number of ether oxygens (including phenoxy) is 1. The molecule has 7 heteroatoms. The molecule has 3 aromatic rings. The van der Waals surface area contributed by atoms with E-state index in [1.807, 2.05) is 48.5 Å². The number of aromatic hydroxyl groups is 1. The summed E-state index contributed by atoms with van der Waals surface area (Å²) >= 11 is 3.42. The fourth-order valence-corrected chi connectivity index (χ4v) is 3.00. The van der Waals surface area contributed by atoms with Crippen LogP contribution in [-0.4, -0.2) is 22.9 Å². The van der Waals surface area contributed by atoms with Crippen LogP contribution < -0.4 is 0 Å². The van der Waals surface area contributed by atoms with Crippen LogP contribution in [0.25, 0.3) is 10.9 Å². The Balaban J connectivity index is 2.01. The molecular weight excluding hydrogens is 386 g/mol. The Kier molecular flexibility index (Phi) is 5.14. The van der Waals surface area contributed by atoms with Crippen molar-refractivity contribution < 1.29 is 14.6 Å². The average Bonchev–Trinajstić information content (AvgIpc) is 2.89. The SMILES string of the molecule is COC(=O)N=Nc1c(O)n(CCc2ccccc2)c2ccc(Br)cc12. The van der Waals surface area contributed by atoms with Crippen molar-refractivity contribution in [2.75, 3.05) is 7.11 Å². The zero-order valence-corrected chi connectivity index (χ0v) is 15.1. The van der Waals surface area contributed by atoms with Crippen LogP contribution in [0.2, 0.25) is 0 Å². The molecule has 1 aromatic heterocycles. The van der Waals surface area contributed by atoms with E-state index in [1.165, 1.54) is 12.7 Å². The van der Waals surface area contributed by atoms with Gasteiger partial charge in [0.15, 0.2) is 5.69 Å². The van der Waals surface area contributed by atoms with Crippen LogP contribution in [0.1, 0.15) is 5.56 Å². The smallest absolute Gasteiger partial charge is 0.452 e. The lowest BCUT2D eigenvalue weighted by molar-refractivity contribution is 0.181. The van der Waals surface area contributed by atoms with Crippen LogP contribution >= 0.6 is 15.9 Å². The lowest BCUT2D eigenvalue weighted by atomic mass is 10.1. The number of amides is 1. The molecule has 0 spiro atoms. The van der Waals surface area contributed by atoms with Gasteiger partial charge in [0.05, 0.1) is 12.6 Å². The highest BCUT2D eigenvalue weighted by atomic mass is 79.9. The number of halogens is 1. The van der Waals surface area contributed by atoms with E-state index in [1.54, 1.807) is 4.57 Å². The molecule has 0 aliphatic rings. The van der Waals surface area contributed by atoms with Gasteiger partial charge in [0.2, 0.25) is 5.88 Å². The summed E-state index contributed by atoms with van der Waals surface area (Å²) in [5, 5.41) is 18.7. The van der Waals surface area contributed by atoms with Crippen LogP contribution in [-0.2, 0) is 17.7 Å². The second-order valence-electron chi connectivity index (χ2n) is 5.39. The van der Waals surface area contributed by atoms with Crippen molar-refractivity contribution in [1.29, 1.82) is 0 Å². The van der Waals surface area contributed by atoms with Crippen molar-refractivity contribution in [3.8, 4) is 5.88 Å². The molecule has 0 saturated carbocycles. The van der Waals surface area contributed by atoms with Gasteiger partial charge >= 0.3 is 6.09 Å². The van der Waals surface area contributed by atoms with Crippen molar-refractivity contribution in [1.82, 2.24) is 4.57 Å². The molecule has 2 aromatic carbocycles. The molecule has 1 N–H and O–H groups in total. The van der Waals surface area contributed by atoms with Crippen LogP contribution in [0.4, 0.5) is 10.5 Å². The van der Waals surface area contributed by atoms with E-state index in [4.69, 9.17) is 0 Å². The molecule has 0 saturated heterocycles. The predicted molar refractivity (Wildman–Crippen MR) is 98.4 cm³/mol. The Morgan fingerprint density at radius 3 is 2.72 bits per heavy atom. The van der Waals surface area contributed by atoms with Gasteiger partial charge in [-0.1, -0.05) is 51.4 Å². The number of carbonyl (C=O) groups excluding carboxylic acids is 1. The fraction of sp³-hybridized carbons (Fsp3) is 0.167. The number of nitrogens with zero attached hydrogens (tertiary/aromatic N) is 3. The lowest BCUT2D eigenvalue weighted by Crippen LogP contribution is -2.00. The maximum Gasteiger partial charge on any atom is 0.452 e. The molecule has 0 atom stereocenters. The number of rotatable bonds is 4.